The lowest BCUT2D eigenvalue weighted by Gasteiger charge is -2.36. The summed E-state index contributed by atoms with van der Waals surface area (Å²) >= 11 is 3.54. The molecule has 2 rings (SSSR count). The zero-order valence-corrected chi connectivity index (χ0v) is 12.3. The van der Waals surface area contributed by atoms with Crippen LogP contribution in [0.25, 0.3) is 0 Å². The van der Waals surface area contributed by atoms with Crippen molar-refractivity contribution in [3.05, 3.63) is 28.2 Å². The fourth-order valence-electron chi connectivity index (χ4n) is 2.10. The standard InChI is InChI=1S/C14H18BrNO2/c1-10(5-6-17)11-3-4-14(13(15)7-11)18-12-8-16(2)9-12/h3-4,6-7,10,12H,5,8-9H2,1-2H3. The molecular formula is C14H18BrNO2. The number of likely N-dealkylation sites (tertiary alicyclic amines) is 1. The third kappa shape index (κ3) is 3.12. The minimum absolute atomic E-state index is 0.252. The first-order chi connectivity index (χ1) is 8.60. The van der Waals surface area contributed by atoms with Gasteiger partial charge in [0.05, 0.1) is 4.47 Å². The van der Waals surface area contributed by atoms with E-state index in [4.69, 9.17) is 4.74 Å². The molecule has 98 valence electrons. The first-order valence-electron chi connectivity index (χ1n) is 6.18. The van der Waals surface area contributed by atoms with Crippen molar-refractivity contribution in [3.8, 4) is 5.75 Å². The topological polar surface area (TPSA) is 29.5 Å². The highest BCUT2D eigenvalue weighted by molar-refractivity contribution is 9.10. The number of hydrogen-bond donors (Lipinski definition) is 0. The van der Waals surface area contributed by atoms with Gasteiger partial charge in [-0.15, -0.1) is 0 Å². The van der Waals surface area contributed by atoms with E-state index in [0.717, 1.165) is 35.2 Å². The van der Waals surface area contributed by atoms with Crippen molar-refractivity contribution in [1.82, 2.24) is 4.90 Å². The number of likely N-dealkylation sites (N-methyl/N-ethyl adjacent to an activating group) is 1. The fraction of sp³-hybridized carbons (Fsp3) is 0.500. The maximum absolute atomic E-state index is 10.5. The van der Waals surface area contributed by atoms with Gasteiger partial charge in [0.15, 0.2) is 0 Å². The van der Waals surface area contributed by atoms with Gasteiger partial charge in [-0.05, 0) is 46.6 Å². The van der Waals surface area contributed by atoms with Crippen LogP contribution in [-0.4, -0.2) is 37.4 Å². The van der Waals surface area contributed by atoms with Crippen LogP contribution in [0.1, 0.15) is 24.8 Å². The summed E-state index contributed by atoms with van der Waals surface area (Å²) in [7, 11) is 2.08. The summed E-state index contributed by atoms with van der Waals surface area (Å²) in [6.45, 7) is 4.02. The summed E-state index contributed by atoms with van der Waals surface area (Å²) in [4.78, 5) is 12.7. The lowest BCUT2D eigenvalue weighted by atomic mass is 9.98. The van der Waals surface area contributed by atoms with Gasteiger partial charge in [0.1, 0.15) is 18.1 Å². The molecule has 1 aliphatic rings. The Kier molecular flexibility index (Phi) is 4.40. The average Bonchev–Trinajstić information content (AvgIpc) is 2.29. The Morgan fingerprint density at radius 1 is 1.56 bits per heavy atom. The number of halogens is 1. The number of carbonyl (C=O) groups is 1. The number of aldehydes is 1. The van der Waals surface area contributed by atoms with Crippen molar-refractivity contribution in [2.75, 3.05) is 20.1 Å². The van der Waals surface area contributed by atoms with Gasteiger partial charge >= 0.3 is 0 Å². The molecule has 0 saturated carbocycles. The van der Waals surface area contributed by atoms with Gasteiger partial charge in [-0.25, -0.2) is 0 Å². The van der Waals surface area contributed by atoms with Crippen LogP contribution < -0.4 is 4.74 Å². The number of benzene rings is 1. The molecule has 1 unspecified atom stereocenters. The molecule has 3 nitrogen and oxygen atoms in total. The second-order valence-corrected chi connectivity index (χ2v) is 5.81. The molecule has 0 radical (unpaired) electrons. The van der Waals surface area contributed by atoms with Crippen LogP contribution in [0.4, 0.5) is 0 Å². The lowest BCUT2D eigenvalue weighted by Crippen LogP contribution is -2.51. The van der Waals surface area contributed by atoms with Crippen LogP contribution in [0.5, 0.6) is 5.75 Å². The first kappa shape index (κ1) is 13.6. The quantitative estimate of drug-likeness (QED) is 0.783. The lowest BCUT2D eigenvalue weighted by molar-refractivity contribution is -0.108. The van der Waals surface area contributed by atoms with E-state index in [9.17, 15) is 4.79 Å². The third-order valence-corrected chi connectivity index (χ3v) is 3.92. The summed E-state index contributed by atoms with van der Waals surface area (Å²) in [6, 6.07) is 6.07. The number of carbonyl (C=O) groups excluding carboxylic acids is 1. The molecule has 0 aliphatic carbocycles. The van der Waals surface area contributed by atoms with Crippen LogP contribution in [-0.2, 0) is 4.79 Å². The van der Waals surface area contributed by atoms with E-state index < -0.39 is 0 Å². The highest BCUT2D eigenvalue weighted by atomic mass is 79.9. The predicted molar refractivity (Wildman–Crippen MR) is 75.2 cm³/mol. The summed E-state index contributed by atoms with van der Waals surface area (Å²) in [6.07, 6.45) is 1.82. The maximum Gasteiger partial charge on any atom is 0.134 e. The number of nitrogens with zero attached hydrogens (tertiary/aromatic N) is 1. The Morgan fingerprint density at radius 3 is 2.83 bits per heavy atom. The molecule has 0 N–H and O–H groups in total. The zero-order valence-electron chi connectivity index (χ0n) is 10.7. The van der Waals surface area contributed by atoms with Crippen LogP contribution in [0.15, 0.2) is 22.7 Å². The molecule has 0 aromatic heterocycles. The van der Waals surface area contributed by atoms with Crippen molar-refractivity contribution in [2.45, 2.75) is 25.4 Å². The molecule has 18 heavy (non-hydrogen) atoms. The highest BCUT2D eigenvalue weighted by Crippen LogP contribution is 2.31. The molecule has 1 aromatic rings. The predicted octanol–water partition coefficient (Wildman–Crippen LogP) is 2.83. The maximum atomic E-state index is 10.5. The van der Waals surface area contributed by atoms with E-state index in [-0.39, 0.29) is 5.92 Å². The summed E-state index contributed by atoms with van der Waals surface area (Å²) in [5.74, 6) is 1.14. The Labute approximate surface area is 116 Å². The van der Waals surface area contributed by atoms with Gasteiger partial charge in [0.2, 0.25) is 0 Å². The number of rotatable bonds is 5. The van der Waals surface area contributed by atoms with Gasteiger partial charge in [-0.2, -0.15) is 0 Å². The number of ether oxygens (including phenoxy) is 1. The summed E-state index contributed by atoms with van der Waals surface area (Å²) < 4.78 is 6.85. The van der Waals surface area contributed by atoms with Gasteiger partial charge in [-0.3, -0.25) is 4.90 Å². The molecule has 1 heterocycles. The van der Waals surface area contributed by atoms with E-state index in [1.807, 2.05) is 18.2 Å². The van der Waals surface area contributed by atoms with E-state index >= 15 is 0 Å². The van der Waals surface area contributed by atoms with Crippen LogP contribution in [0.3, 0.4) is 0 Å². The van der Waals surface area contributed by atoms with Crippen LogP contribution in [0.2, 0.25) is 0 Å². The molecule has 1 aromatic carbocycles. The molecule has 1 atom stereocenters. The molecule has 0 spiro atoms. The summed E-state index contributed by atoms with van der Waals surface area (Å²) in [5.41, 5.74) is 1.16. The fourth-order valence-corrected chi connectivity index (χ4v) is 2.59. The van der Waals surface area contributed by atoms with Crippen molar-refractivity contribution < 1.29 is 9.53 Å². The molecule has 0 amide bonds. The van der Waals surface area contributed by atoms with Crippen molar-refractivity contribution in [2.24, 2.45) is 0 Å². The minimum Gasteiger partial charge on any atom is -0.487 e. The number of hydrogen-bond acceptors (Lipinski definition) is 3. The second-order valence-electron chi connectivity index (χ2n) is 4.95. The Hall–Kier alpha value is -0.870. The Bertz CT molecular complexity index is 430. The minimum atomic E-state index is 0.252. The van der Waals surface area contributed by atoms with Gasteiger partial charge in [0.25, 0.3) is 0 Å². The van der Waals surface area contributed by atoms with E-state index in [1.165, 1.54) is 0 Å². The molecule has 4 heteroatoms. The SMILES string of the molecule is CC(CC=O)c1ccc(OC2CN(C)C2)c(Br)c1. The van der Waals surface area contributed by atoms with Gasteiger partial charge < -0.3 is 9.53 Å². The van der Waals surface area contributed by atoms with Crippen LogP contribution >= 0.6 is 15.9 Å². The molecule has 1 saturated heterocycles. The molecule has 1 aliphatic heterocycles. The molecular weight excluding hydrogens is 294 g/mol. The van der Waals surface area contributed by atoms with Crippen molar-refractivity contribution in [1.29, 1.82) is 0 Å². The van der Waals surface area contributed by atoms with Gasteiger partial charge in [0, 0.05) is 19.5 Å². The smallest absolute Gasteiger partial charge is 0.134 e. The normalized spacial score (nSPS) is 18.2. The molecule has 0 bridgehead atoms. The van der Waals surface area contributed by atoms with Crippen molar-refractivity contribution >= 4 is 22.2 Å². The Balaban J connectivity index is 2.02. The third-order valence-electron chi connectivity index (χ3n) is 3.30. The van der Waals surface area contributed by atoms with E-state index in [2.05, 4.69) is 34.8 Å². The monoisotopic (exact) mass is 311 g/mol. The zero-order chi connectivity index (χ0) is 13.1. The van der Waals surface area contributed by atoms with Crippen molar-refractivity contribution in [3.63, 3.8) is 0 Å². The Morgan fingerprint density at radius 2 is 2.28 bits per heavy atom. The van der Waals surface area contributed by atoms with Gasteiger partial charge in [-0.1, -0.05) is 13.0 Å². The largest absolute Gasteiger partial charge is 0.487 e. The van der Waals surface area contributed by atoms with Crippen LogP contribution in [0, 0.1) is 0 Å². The highest BCUT2D eigenvalue weighted by Gasteiger charge is 2.25. The summed E-state index contributed by atoms with van der Waals surface area (Å²) in [5, 5.41) is 0. The average molecular weight is 312 g/mol. The van der Waals surface area contributed by atoms with E-state index in [1.54, 1.807) is 0 Å². The van der Waals surface area contributed by atoms with E-state index in [0.29, 0.717) is 12.5 Å². The molecule has 1 fully saturated rings. The second kappa shape index (κ2) is 5.85. The first-order valence-corrected chi connectivity index (χ1v) is 6.97.